The second-order valence-electron chi connectivity index (χ2n) is 2.70. The normalized spacial score (nSPS) is 9.86. The summed E-state index contributed by atoms with van der Waals surface area (Å²) in [5.74, 6) is -0.988. The number of carbonyl (C=O) groups is 1. The number of hydrogen-bond acceptors (Lipinski definition) is 4. The van der Waals surface area contributed by atoms with Gasteiger partial charge in [-0.1, -0.05) is 6.07 Å². The van der Waals surface area contributed by atoms with Gasteiger partial charge in [-0.05, 0) is 12.1 Å². The lowest BCUT2D eigenvalue weighted by molar-refractivity contribution is -0.252. The molecular formula is C9H11NO4. The van der Waals surface area contributed by atoms with Gasteiger partial charge in [-0.15, -0.1) is 0 Å². The Morgan fingerprint density at radius 1 is 1.57 bits per heavy atom. The van der Waals surface area contributed by atoms with Crippen molar-refractivity contribution in [3.05, 3.63) is 29.3 Å². The highest BCUT2D eigenvalue weighted by atomic mass is 17.1. The second kappa shape index (κ2) is 4.59. The van der Waals surface area contributed by atoms with E-state index in [2.05, 4.69) is 10.2 Å². The van der Waals surface area contributed by atoms with Crippen LogP contribution in [-0.2, 0) is 11.5 Å². The molecule has 0 radical (unpaired) electrons. The monoisotopic (exact) mass is 197 g/mol. The lowest BCUT2D eigenvalue weighted by Gasteiger charge is -2.08. The molecule has 14 heavy (non-hydrogen) atoms. The maximum Gasteiger partial charge on any atom is 0.335 e. The Kier molecular flexibility index (Phi) is 3.44. The van der Waals surface area contributed by atoms with E-state index in [1.807, 2.05) is 0 Å². The van der Waals surface area contributed by atoms with E-state index in [9.17, 15) is 4.79 Å². The molecule has 0 saturated heterocycles. The summed E-state index contributed by atoms with van der Waals surface area (Å²) in [5.41, 5.74) is 1.51. The lowest BCUT2D eigenvalue weighted by atomic mass is 10.1. The van der Waals surface area contributed by atoms with Gasteiger partial charge in [-0.2, -0.15) is 0 Å². The highest BCUT2D eigenvalue weighted by Crippen LogP contribution is 2.18. The zero-order chi connectivity index (χ0) is 10.6. The predicted molar refractivity (Wildman–Crippen MR) is 50.4 cm³/mol. The van der Waals surface area contributed by atoms with Crippen molar-refractivity contribution in [2.75, 3.05) is 12.4 Å². The fraction of sp³-hybridized carbons (Fsp3) is 0.222. The molecule has 0 unspecified atom stereocenters. The minimum Gasteiger partial charge on any atom is -0.478 e. The van der Waals surface area contributed by atoms with Crippen molar-refractivity contribution >= 4 is 11.7 Å². The Labute approximate surface area is 80.9 Å². The van der Waals surface area contributed by atoms with Crippen LogP contribution in [0, 0.1) is 0 Å². The van der Waals surface area contributed by atoms with Crippen molar-refractivity contribution in [3.63, 3.8) is 0 Å². The first-order valence-electron chi connectivity index (χ1n) is 3.99. The van der Waals surface area contributed by atoms with Gasteiger partial charge in [0.2, 0.25) is 0 Å². The molecule has 0 aliphatic heterocycles. The van der Waals surface area contributed by atoms with Gasteiger partial charge in [0.15, 0.2) is 0 Å². The van der Waals surface area contributed by atoms with Crippen molar-refractivity contribution in [1.82, 2.24) is 0 Å². The van der Waals surface area contributed by atoms with Crippen molar-refractivity contribution in [3.8, 4) is 0 Å². The molecule has 0 atom stereocenters. The highest BCUT2D eigenvalue weighted by Gasteiger charge is 2.07. The molecule has 0 saturated carbocycles. The quantitative estimate of drug-likeness (QED) is 0.502. The summed E-state index contributed by atoms with van der Waals surface area (Å²) in [7, 11) is 1.67. The molecule has 1 aromatic rings. The number of benzene rings is 1. The average molecular weight is 197 g/mol. The van der Waals surface area contributed by atoms with E-state index in [0.717, 1.165) is 0 Å². The first-order chi connectivity index (χ1) is 6.69. The van der Waals surface area contributed by atoms with E-state index < -0.39 is 5.97 Å². The van der Waals surface area contributed by atoms with Gasteiger partial charge in [-0.25, -0.2) is 9.68 Å². The summed E-state index contributed by atoms with van der Waals surface area (Å²) in [4.78, 5) is 14.6. The maximum atomic E-state index is 10.6. The van der Waals surface area contributed by atoms with Gasteiger partial charge in [0.25, 0.3) is 0 Å². The van der Waals surface area contributed by atoms with Crippen molar-refractivity contribution in [2.24, 2.45) is 0 Å². The third kappa shape index (κ3) is 2.21. The van der Waals surface area contributed by atoms with Gasteiger partial charge in [0, 0.05) is 18.3 Å². The van der Waals surface area contributed by atoms with Gasteiger partial charge in [-0.3, -0.25) is 5.26 Å². The molecule has 76 valence electrons. The predicted octanol–water partition coefficient (Wildman–Crippen LogP) is 1.42. The molecular weight excluding hydrogens is 186 g/mol. The number of carboxylic acids is 1. The first-order valence-corrected chi connectivity index (χ1v) is 3.99. The van der Waals surface area contributed by atoms with Crippen LogP contribution in [0.2, 0.25) is 0 Å². The van der Waals surface area contributed by atoms with Crippen LogP contribution in [0.3, 0.4) is 0 Å². The summed E-state index contributed by atoms with van der Waals surface area (Å²) in [6, 6.07) is 4.53. The maximum absolute atomic E-state index is 10.6. The minimum atomic E-state index is -0.988. The van der Waals surface area contributed by atoms with Gasteiger partial charge in [0.05, 0.1) is 5.56 Å². The molecule has 0 spiro atoms. The largest absolute Gasteiger partial charge is 0.478 e. The molecule has 0 heterocycles. The van der Waals surface area contributed by atoms with Crippen LogP contribution in [0.15, 0.2) is 18.2 Å². The smallest absolute Gasteiger partial charge is 0.335 e. The molecule has 0 amide bonds. The standard InChI is InChI=1S/C9H11NO4/c1-10-8-4-6(9(11)12)2-3-7(8)5-14-13/h2-4,10,13H,5H2,1H3,(H,11,12). The number of nitrogens with one attached hydrogen (secondary N) is 1. The van der Waals surface area contributed by atoms with Crippen LogP contribution in [0.4, 0.5) is 5.69 Å². The molecule has 1 rings (SSSR count). The molecule has 0 bridgehead atoms. The third-order valence-electron chi connectivity index (χ3n) is 1.85. The first kappa shape index (κ1) is 10.5. The zero-order valence-electron chi connectivity index (χ0n) is 7.65. The van der Waals surface area contributed by atoms with Crippen LogP contribution >= 0.6 is 0 Å². The molecule has 5 nitrogen and oxygen atoms in total. The van der Waals surface area contributed by atoms with Crippen LogP contribution in [0.1, 0.15) is 15.9 Å². The lowest BCUT2D eigenvalue weighted by Crippen LogP contribution is -2.02. The Morgan fingerprint density at radius 2 is 2.29 bits per heavy atom. The summed E-state index contributed by atoms with van der Waals surface area (Å²) >= 11 is 0. The number of carboxylic acid groups (broad SMARTS) is 1. The fourth-order valence-electron chi connectivity index (χ4n) is 1.14. The Hall–Kier alpha value is -1.59. The van der Waals surface area contributed by atoms with Gasteiger partial charge < -0.3 is 10.4 Å². The number of anilines is 1. The number of rotatable bonds is 4. The van der Waals surface area contributed by atoms with Crippen LogP contribution in [0.25, 0.3) is 0 Å². The Bertz CT molecular complexity index is 338. The SMILES string of the molecule is CNc1cc(C(=O)O)ccc1COO. The Morgan fingerprint density at radius 3 is 2.79 bits per heavy atom. The Balaban J connectivity index is 3.04. The summed E-state index contributed by atoms with van der Waals surface area (Å²) in [6.07, 6.45) is 0. The van der Waals surface area contributed by atoms with E-state index in [-0.39, 0.29) is 12.2 Å². The summed E-state index contributed by atoms with van der Waals surface area (Å²) in [5, 5.41) is 19.8. The fourth-order valence-corrected chi connectivity index (χ4v) is 1.14. The summed E-state index contributed by atoms with van der Waals surface area (Å²) < 4.78 is 0. The molecule has 0 aliphatic carbocycles. The van der Waals surface area contributed by atoms with Crippen molar-refractivity contribution < 1.29 is 20.0 Å². The molecule has 1 aromatic carbocycles. The number of hydrogen-bond donors (Lipinski definition) is 3. The molecule has 0 aliphatic rings. The van der Waals surface area contributed by atoms with E-state index in [1.165, 1.54) is 12.1 Å². The topological polar surface area (TPSA) is 78.8 Å². The average Bonchev–Trinajstić information content (AvgIpc) is 2.18. The van der Waals surface area contributed by atoms with Crippen molar-refractivity contribution in [1.29, 1.82) is 0 Å². The molecule has 0 fully saturated rings. The third-order valence-corrected chi connectivity index (χ3v) is 1.85. The minimum absolute atomic E-state index is 0.0239. The van der Waals surface area contributed by atoms with Crippen LogP contribution in [0.5, 0.6) is 0 Å². The highest BCUT2D eigenvalue weighted by molar-refractivity contribution is 5.89. The molecule has 5 heteroatoms. The molecule has 0 aromatic heterocycles. The summed E-state index contributed by atoms with van der Waals surface area (Å²) in [6.45, 7) is 0.0239. The van der Waals surface area contributed by atoms with Gasteiger partial charge in [0.1, 0.15) is 6.61 Å². The van der Waals surface area contributed by atoms with Gasteiger partial charge >= 0.3 is 5.97 Å². The van der Waals surface area contributed by atoms with Crippen LogP contribution in [-0.4, -0.2) is 23.4 Å². The van der Waals surface area contributed by atoms with Crippen molar-refractivity contribution in [2.45, 2.75) is 6.61 Å². The van der Waals surface area contributed by atoms with E-state index in [4.69, 9.17) is 10.4 Å². The number of aromatic carboxylic acids is 1. The van der Waals surface area contributed by atoms with Crippen LogP contribution < -0.4 is 5.32 Å². The zero-order valence-corrected chi connectivity index (χ0v) is 7.65. The van der Waals surface area contributed by atoms with E-state index >= 15 is 0 Å². The second-order valence-corrected chi connectivity index (χ2v) is 2.70. The van der Waals surface area contributed by atoms with E-state index in [1.54, 1.807) is 13.1 Å². The molecule has 3 N–H and O–H groups in total. The van der Waals surface area contributed by atoms with E-state index in [0.29, 0.717) is 11.3 Å².